The highest BCUT2D eigenvalue weighted by atomic mass is 35.5. The van der Waals surface area contributed by atoms with Crippen molar-refractivity contribution >= 4 is 41.6 Å². The molecule has 0 aliphatic carbocycles. The highest BCUT2D eigenvalue weighted by Crippen LogP contribution is 2.26. The Morgan fingerprint density at radius 2 is 2.20 bits per heavy atom. The summed E-state index contributed by atoms with van der Waals surface area (Å²) >= 11 is 6.30. The number of nitrogens with zero attached hydrogens (tertiary/aromatic N) is 2. The maximum absolute atomic E-state index is 13.1. The van der Waals surface area contributed by atoms with Crippen LogP contribution in [0, 0.1) is 0 Å². The van der Waals surface area contributed by atoms with E-state index < -0.39 is 0 Å². The van der Waals surface area contributed by atoms with Gasteiger partial charge in [0.05, 0.1) is 10.6 Å². The van der Waals surface area contributed by atoms with Crippen LogP contribution in [0.5, 0.6) is 0 Å². The van der Waals surface area contributed by atoms with Gasteiger partial charge in [-0.3, -0.25) is 9.69 Å². The Labute approximate surface area is 159 Å². The van der Waals surface area contributed by atoms with Crippen molar-refractivity contribution < 1.29 is 9.59 Å². The summed E-state index contributed by atoms with van der Waals surface area (Å²) in [4.78, 5) is 28.5. The molecule has 2 fully saturated rings. The SMILES string of the molecule is CCCN(C(=O)c1cc(N2CCNC2=O)ccc1Cl)C1CCNC1.Cl. The van der Waals surface area contributed by atoms with Crippen molar-refractivity contribution in [3.05, 3.63) is 28.8 Å². The van der Waals surface area contributed by atoms with Gasteiger partial charge in [-0.2, -0.15) is 0 Å². The average molecular weight is 387 g/mol. The molecule has 2 N–H and O–H groups in total. The molecule has 25 heavy (non-hydrogen) atoms. The molecule has 3 rings (SSSR count). The minimum absolute atomic E-state index is 0. The van der Waals surface area contributed by atoms with Gasteiger partial charge in [0.25, 0.3) is 5.91 Å². The number of carbonyl (C=O) groups excluding carboxylic acids is 2. The summed E-state index contributed by atoms with van der Waals surface area (Å²) < 4.78 is 0. The first-order valence-corrected chi connectivity index (χ1v) is 8.86. The van der Waals surface area contributed by atoms with Crippen LogP contribution < -0.4 is 15.5 Å². The molecule has 1 aromatic rings. The van der Waals surface area contributed by atoms with Crippen LogP contribution in [0.25, 0.3) is 0 Å². The predicted octanol–water partition coefficient (Wildman–Crippen LogP) is 2.51. The molecule has 2 saturated heterocycles. The fourth-order valence-electron chi connectivity index (χ4n) is 3.31. The van der Waals surface area contributed by atoms with E-state index in [-0.39, 0.29) is 30.4 Å². The number of anilines is 1. The third-order valence-corrected chi connectivity index (χ3v) is 4.88. The van der Waals surface area contributed by atoms with Crippen molar-refractivity contribution in [1.29, 1.82) is 0 Å². The van der Waals surface area contributed by atoms with Crippen LogP contribution in [0.4, 0.5) is 10.5 Å². The van der Waals surface area contributed by atoms with Crippen LogP contribution in [0.15, 0.2) is 18.2 Å². The molecular formula is C17H24Cl2N4O2. The second-order valence-electron chi connectivity index (χ2n) is 6.19. The lowest BCUT2D eigenvalue weighted by molar-refractivity contribution is 0.0692. The first-order valence-electron chi connectivity index (χ1n) is 8.48. The first-order chi connectivity index (χ1) is 11.6. The lowest BCUT2D eigenvalue weighted by atomic mass is 10.1. The fraction of sp³-hybridized carbons (Fsp3) is 0.529. The summed E-state index contributed by atoms with van der Waals surface area (Å²) in [5.74, 6) is -0.0583. The average Bonchev–Trinajstić information content (AvgIpc) is 3.24. The Morgan fingerprint density at radius 1 is 1.40 bits per heavy atom. The van der Waals surface area contributed by atoms with Crippen molar-refractivity contribution in [3.8, 4) is 0 Å². The third kappa shape index (κ3) is 4.19. The standard InChI is InChI=1S/C17H23ClN4O2.ClH/c1-2-8-21(13-5-6-19-11-13)16(23)14-10-12(3-4-15(14)18)22-9-7-20-17(22)24;/h3-4,10,13,19H,2,5-9,11H2,1H3,(H,20,24);1H. The van der Waals surface area contributed by atoms with Gasteiger partial charge in [-0.25, -0.2) is 4.79 Å². The van der Waals surface area contributed by atoms with Crippen LogP contribution in [0.2, 0.25) is 5.02 Å². The van der Waals surface area contributed by atoms with E-state index in [4.69, 9.17) is 11.6 Å². The third-order valence-electron chi connectivity index (χ3n) is 4.55. The topological polar surface area (TPSA) is 64.7 Å². The number of benzene rings is 1. The number of urea groups is 1. The van der Waals surface area contributed by atoms with Crippen LogP contribution in [-0.4, -0.2) is 55.6 Å². The molecule has 0 spiro atoms. The molecule has 3 amide bonds. The molecule has 0 bridgehead atoms. The molecule has 1 unspecified atom stereocenters. The summed E-state index contributed by atoms with van der Waals surface area (Å²) in [6.07, 6.45) is 1.85. The Balaban J connectivity index is 0.00000225. The Bertz CT molecular complexity index is 635. The van der Waals surface area contributed by atoms with Gasteiger partial charge in [0.1, 0.15) is 0 Å². The van der Waals surface area contributed by atoms with Gasteiger partial charge in [0.15, 0.2) is 0 Å². The highest BCUT2D eigenvalue weighted by Gasteiger charge is 2.29. The van der Waals surface area contributed by atoms with Gasteiger partial charge in [-0.15, -0.1) is 12.4 Å². The van der Waals surface area contributed by atoms with E-state index in [1.54, 1.807) is 23.1 Å². The van der Waals surface area contributed by atoms with Crippen LogP contribution in [-0.2, 0) is 0 Å². The van der Waals surface area contributed by atoms with E-state index in [0.29, 0.717) is 35.9 Å². The maximum Gasteiger partial charge on any atom is 0.321 e. The van der Waals surface area contributed by atoms with E-state index in [1.807, 2.05) is 4.90 Å². The number of hydrogen-bond acceptors (Lipinski definition) is 3. The lowest BCUT2D eigenvalue weighted by Crippen LogP contribution is -2.42. The molecule has 2 aliphatic heterocycles. The Morgan fingerprint density at radius 3 is 2.80 bits per heavy atom. The van der Waals surface area contributed by atoms with Gasteiger partial charge in [-0.1, -0.05) is 18.5 Å². The summed E-state index contributed by atoms with van der Waals surface area (Å²) in [6.45, 7) is 5.72. The summed E-state index contributed by atoms with van der Waals surface area (Å²) in [5, 5.41) is 6.50. The van der Waals surface area contributed by atoms with Crippen molar-refractivity contribution in [2.24, 2.45) is 0 Å². The molecule has 0 aromatic heterocycles. The first kappa shape index (κ1) is 19.8. The number of amides is 3. The van der Waals surface area contributed by atoms with Crippen LogP contribution >= 0.6 is 24.0 Å². The number of halogens is 2. The Hall–Kier alpha value is -1.50. The monoisotopic (exact) mass is 386 g/mol. The van der Waals surface area contributed by atoms with Crippen molar-refractivity contribution in [2.75, 3.05) is 37.6 Å². The number of nitrogens with one attached hydrogen (secondary N) is 2. The van der Waals surface area contributed by atoms with Crippen molar-refractivity contribution in [3.63, 3.8) is 0 Å². The summed E-state index contributed by atoms with van der Waals surface area (Å²) in [6, 6.07) is 5.28. The van der Waals surface area contributed by atoms with Crippen molar-refractivity contribution in [1.82, 2.24) is 15.5 Å². The smallest absolute Gasteiger partial charge is 0.321 e. The molecule has 1 atom stereocenters. The van der Waals surface area contributed by atoms with Crippen LogP contribution in [0.1, 0.15) is 30.1 Å². The van der Waals surface area contributed by atoms with E-state index in [1.165, 1.54) is 0 Å². The van der Waals surface area contributed by atoms with Gasteiger partial charge in [0, 0.05) is 37.9 Å². The molecule has 0 saturated carbocycles. The second kappa shape index (κ2) is 8.74. The van der Waals surface area contributed by atoms with Gasteiger partial charge in [-0.05, 0) is 37.6 Å². The quantitative estimate of drug-likeness (QED) is 0.816. The zero-order valence-electron chi connectivity index (χ0n) is 14.3. The molecule has 2 heterocycles. The second-order valence-corrected chi connectivity index (χ2v) is 6.60. The van der Waals surface area contributed by atoms with E-state index in [9.17, 15) is 9.59 Å². The van der Waals surface area contributed by atoms with Crippen molar-refractivity contribution in [2.45, 2.75) is 25.8 Å². The minimum Gasteiger partial charge on any atom is -0.336 e. The number of carbonyl (C=O) groups is 2. The normalized spacial score (nSPS) is 19.5. The maximum atomic E-state index is 13.1. The van der Waals surface area contributed by atoms with E-state index >= 15 is 0 Å². The molecule has 138 valence electrons. The molecule has 2 aliphatic rings. The predicted molar refractivity (Wildman–Crippen MR) is 102 cm³/mol. The molecule has 8 heteroatoms. The number of rotatable bonds is 5. The largest absolute Gasteiger partial charge is 0.336 e. The van der Waals surface area contributed by atoms with Gasteiger partial charge >= 0.3 is 6.03 Å². The summed E-state index contributed by atoms with van der Waals surface area (Å²) in [7, 11) is 0. The zero-order valence-corrected chi connectivity index (χ0v) is 15.8. The zero-order chi connectivity index (χ0) is 17.1. The summed E-state index contributed by atoms with van der Waals surface area (Å²) in [5.41, 5.74) is 1.17. The molecule has 6 nitrogen and oxygen atoms in total. The van der Waals surface area contributed by atoms with E-state index in [0.717, 1.165) is 25.9 Å². The minimum atomic E-state index is -0.138. The molecular weight excluding hydrogens is 363 g/mol. The lowest BCUT2D eigenvalue weighted by Gasteiger charge is -2.29. The fourth-order valence-corrected chi connectivity index (χ4v) is 3.51. The Kier molecular flexibility index (Phi) is 6.93. The van der Waals surface area contributed by atoms with Crippen LogP contribution in [0.3, 0.4) is 0 Å². The molecule has 0 radical (unpaired) electrons. The molecule has 1 aromatic carbocycles. The van der Waals surface area contributed by atoms with Gasteiger partial charge < -0.3 is 15.5 Å². The van der Waals surface area contributed by atoms with Gasteiger partial charge in [0.2, 0.25) is 0 Å². The highest BCUT2D eigenvalue weighted by molar-refractivity contribution is 6.34. The number of hydrogen-bond donors (Lipinski definition) is 2. The van der Waals surface area contributed by atoms with E-state index in [2.05, 4.69) is 17.6 Å².